The first-order chi connectivity index (χ1) is 8.13. The minimum absolute atomic E-state index is 0.0398. The Labute approximate surface area is 101 Å². The van der Waals surface area contributed by atoms with Crippen LogP contribution in [-0.2, 0) is 4.79 Å². The highest BCUT2D eigenvalue weighted by Gasteiger charge is 2.18. The van der Waals surface area contributed by atoms with Gasteiger partial charge in [-0.1, -0.05) is 13.0 Å². The highest BCUT2D eigenvalue weighted by molar-refractivity contribution is 5.82. The maximum Gasteiger partial charge on any atom is 0.204 e. The summed E-state index contributed by atoms with van der Waals surface area (Å²) in [6, 6.07) is 5.33. The zero-order chi connectivity index (χ0) is 12.8. The Morgan fingerprint density at radius 3 is 2.18 bits per heavy atom. The van der Waals surface area contributed by atoms with Crippen LogP contribution in [0.25, 0.3) is 0 Å². The van der Waals surface area contributed by atoms with E-state index in [1.165, 1.54) is 0 Å². The molecule has 0 aromatic heterocycles. The number of hydrogen-bond acceptors (Lipinski definition) is 4. The van der Waals surface area contributed by atoms with Gasteiger partial charge in [-0.2, -0.15) is 0 Å². The molecule has 0 aliphatic rings. The zero-order valence-corrected chi connectivity index (χ0v) is 10.6. The van der Waals surface area contributed by atoms with E-state index in [0.29, 0.717) is 23.7 Å². The summed E-state index contributed by atoms with van der Waals surface area (Å²) in [5.41, 5.74) is 0. The maximum absolute atomic E-state index is 11.5. The molecule has 94 valence electrons. The summed E-state index contributed by atoms with van der Waals surface area (Å²) in [6.07, 6.45) is -0.0660. The molecular weight excluding hydrogens is 220 g/mol. The Hall–Kier alpha value is -1.71. The summed E-state index contributed by atoms with van der Waals surface area (Å²) in [6.45, 7) is 3.53. The standard InChI is InChI=1S/C13H18O4/c1-5-10(14)9(2)17-13-11(15-3)7-6-8-12(13)16-4/h6-9H,5H2,1-4H3. The van der Waals surface area contributed by atoms with Crippen molar-refractivity contribution in [1.29, 1.82) is 0 Å². The van der Waals surface area contributed by atoms with Gasteiger partial charge in [0.25, 0.3) is 0 Å². The molecule has 0 heterocycles. The molecule has 0 saturated carbocycles. The van der Waals surface area contributed by atoms with E-state index in [4.69, 9.17) is 14.2 Å². The molecule has 0 radical (unpaired) electrons. The lowest BCUT2D eigenvalue weighted by molar-refractivity contribution is -0.124. The van der Waals surface area contributed by atoms with Crippen LogP contribution in [0, 0.1) is 0 Å². The molecule has 0 bridgehead atoms. The Kier molecular flexibility index (Phi) is 4.82. The van der Waals surface area contributed by atoms with Crippen molar-refractivity contribution in [2.45, 2.75) is 26.4 Å². The van der Waals surface area contributed by atoms with E-state index in [2.05, 4.69) is 0 Å². The van der Waals surface area contributed by atoms with Crippen molar-refractivity contribution in [3.8, 4) is 17.2 Å². The number of ketones is 1. The minimum Gasteiger partial charge on any atom is -0.493 e. The van der Waals surface area contributed by atoms with Crippen LogP contribution < -0.4 is 14.2 Å². The number of benzene rings is 1. The molecule has 1 atom stereocenters. The van der Waals surface area contributed by atoms with E-state index in [-0.39, 0.29) is 5.78 Å². The van der Waals surface area contributed by atoms with E-state index >= 15 is 0 Å². The number of Topliss-reactive ketones (excluding diaryl/α,β-unsaturated/α-hetero) is 1. The highest BCUT2D eigenvalue weighted by atomic mass is 16.5. The van der Waals surface area contributed by atoms with Gasteiger partial charge in [-0.25, -0.2) is 0 Å². The van der Waals surface area contributed by atoms with Gasteiger partial charge in [0.1, 0.15) is 0 Å². The van der Waals surface area contributed by atoms with Crippen LogP contribution in [0.5, 0.6) is 17.2 Å². The first-order valence-electron chi connectivity index (χ1n) is 5.54. The number of carbonyl (C=O) groups is 1. The Morgan fingerprint density at radius 1 is 1.24 bits per heavy atom. The first-order valence-corrected chi connectivity index (χ1v) is 5.54. The van der Waals surface area contributed by atoms with Gasteiger partial charge in [-0.3, -0.25) is 4.79 Å². The van der Waals surface area contributed by atoms with Gasteiger partial charge in [0.2, 0.25) is 5.75 Å². The second kappa shape index (κ2) is 6.13. The van der Waals surface area contributed by atoms with Gasteiger partial charge in [0.15, 0.2) is 23.4 Å². The van der Waals surface area contributed by atoms with Gasteiger partial charge >= 0.3 is 0 Å². The Bertz CT molecular complexity index is 365. The summed E-state index contributed by atoms with van der Waals surface area (Å²) in [4.78, 5) is 11.5. The van der Waals surface area contributed by atoms with E-state index in [9.17, 15) is 4.79 Å². The Morgan fingerprint density at radius 2 is 1.76 bits per heavy atom. The molecule has 0 spiro atoms. The minimum atomic E-state index is -0.509. The average molecular weight is 238 g/mol. The summed E-state index contributed by atoms with van der Waals surface area (Å²) >= 11 is 0. The van der Waals surface area contributed by atoms with E-state index < -0.39 is 6.10 Å². The molecule has 1 aromatic carbocycles. The first kappa shape index (κ1) is 13.4. The van der Waals surface area contributed by atoms with E-state index in [1.54, 1.807) is 39.3 Å². The maximum atomic E-state index is 11.5. The van der Waals surface area contributed by atoms with Crippen LogP contribution in [0.15, 0.2) is 18.2 Å². The number of methoxy groups -OCH3 is 2. The molecule has 0 aliphatic carbocycles. The number of rotatable bonds is 6. The Balaban J connectivity index is 2.99. The predicted octanol–water partition coefficient (Wildman–Crippen LogP) is 2.45. The van der Waals surface area contributed by atoms with Gasteiger partial charge in [0, 0.05) is 6.42 Å². The molecule has 17 heavy (non-hydrogen) atoms. The van der Waals surface area contributed by atoms with Crippen LogP contribution in [0.3, 0.4) is 0 Å². The monoisotopic (exact) mass is 238 g/mol. The molecule has 0 amide bonds. The fourth-order valence-corrected chi connectivity index (χ4v) is 1.46. The molecular formula is C13H18O4. The lowest BCUT2D eigenvalue weighted by atomic mass is 10.2. The van der Waals surface area contributed by atoms with Crippen molar-refractivity contribution < 1.29 is 19.0 Å². The third-order valence-electron chi connectivity index (χ3n) is 2.48. The molecule has 4 heteroatoms. The topological polar surface area (TPSA) is 44.8 Å². The third-order valence-corrected chi connectivity index (χ3v) is 2.48. The number of hydrogen-bond donors (Lipinski definition) is 0. The van der Waals surface area contributed by atoms with Gasteiger partial charge in [-0.05, 0) is 19.1 Å². The van der Waals surface area contributed by atoms with Crippen LogP contribution in [0.4, 0.5) is 0 Å². The molecule has 0 aliphatic heterocycles. The second-order valence-corrected chi connectivity index (χ2v) is 3.57. The lowest BCUT2D eigenvalue weighted by Crippen LogP contribution is -2.23. The highest BCUT2D eigenvalue weighted by Crippen LogP contribution is 2.37. The van der Waals surface area contributed by atoms with Crippen molar-refractivity contribution in [2.75, 3.05) is 14.2 Å². The SMILES string of the molecule is CCC(=O)C(C)Oc1c(OC)cccc1OC. The average Bonchev–Trinajstić information content (AvgIpc) is 2.37. The second-order valence-electron chi connectivity index (χ2n) is 3.57. The molecule has 0 saturated heterocycles. The van der Waals surface area contributed by atoms with Gasteiger partial charge < -0.3 is 14.2 Å². The smallest absolute Gasteiger partial charge is 0.204 e. The van der Waals surface area contributed by atoms with Crippen molar-refractivity contribution >= 4 is 5.78 Å². The number of ether oxygens (including phenoxy) is 3. The molecule has 1 unspecified atom stereocenters. The molecule has 0 fully saturated rings. The fraction of sp³-hybridized carbons (Fsp3) is 0.462. The van der Waals surface area contributed by atoms with Gasteiger partial charge in [-0.15, -0.1) is 0 Å². The van der Waals surface area contributed by atoms with E-state index in [1.807, 2.05) is 6.92 Å². The summed E-state index contributed by atoms with van der Waals surface area (Å²) in [5, 5.41) is 0. The molecule has 0 N–H and O–H groups in total. The summed E-state index contributed by atoms with van der Waals surface area (Å²) in [7, 11) is 3.10. The normalized spacial score (nSPS) is 11.8. The number of para-hydroxylation sites is 1. The fourth-order valence-electron chi connectivity index (χ4n) is 1.46. The third kappa shape index (κ3) is 3.12. The molecule has 1 rings (SSSR count). The van der Waals surface area contributed by atoms with Crippen LogP contribution in [-0.4, -0.2) is 26.1 Å². The number of carbonyl (C=O) groups excluding carboxylic acids is 1. The summed E-state index contributed by atoms with van der Waals surface area (Å²) < 4.78 is 16.0. The van der Waals surface area contributed by atoms with Crippen LogP contribution in [0.2, 0.25) is 0 Å². The zero-order valence-electron chi connectivity index (χ0n) is 10.6. The van der Waals surface area contributed by atoms with Gasteiger partial charge in [0.05, 0.1) is 14.2 Å². The largest absolute Gasteiger partial charge is 0.493 e. The summed E-state index contributed by atoms with van der Waals surface area (Å²) in [5.74, 6) is 1.62. The molecule has 1 aromatic rings. The predicted molar refractivity (Wildman–Crippen MR) is 64.9 cm³/mol. The van der Waals surface area contributed by atoms with Crippen molar-refractivity contribution in [3.63, 3.8) is 0 Å². The van der Waals surface area contributed by atoms with Crippen LogP contribution in [0.1, 0.15) is 20.3 Å². The van der Waals surface area contributed by atoms with Crippen molar-refractivity contribution in [2.24, 2.45) is 0 Å². The van der Waals surface area contributed by atoms with E-state index in [0.717, 1.165) is 0 Å². The lowest BCUT2D eigenvalue weighted by Gasteiger charge is -2.17. The van der Waals surface area contributed by atoms with Crippen molar-refractivity contribution in [3.05, 3.63) is 18.2 Å². The quantitative estimate of drug-likeness (QED) is 0.763. The molecule has 4 nitrogen and oxygen atoms in total. The van der Waals surface area contributed by atoms with Crippen molar-refractivity contribution in [1.82, 2.24) is 0 Å². The van der Waals surface area contributed by atoms with Crippen LogP contribution >= 0.6 is 0 Å².